The van der Waals surface area contributed by atoms with E-state index in [9.17, 15) is 4.79 Å². The molecule has 0 fully saturated rings. The summed E-state index contributed by atoms with van der Waals surface area (Å²) in [7, 11) is 0. The lowest BCUT2D eigenvalue weighted by atomic mass is 10.2. The Bertz CT molecular complexity index is 657. The first-order valence-electron chi connectivity index (χ1n) is 6.59. The zero-order chi connectivity index (χ0) is 14.5. The van der Waals surface area contributed by atoms with E-state index in [0.717, 1.165) is 11.4 Å². The van der Waals surface area contributed by atoms with Gasteiger partial charge in [-0.15, -0.1) is 11.3 Å². The molecule has 0 saturated carbocycles. The van der Waals surface area contributed by atoms with E-state index in [1.54, 1.807) is 5.01 Å². The van der Waals surface area contributed by atoms with Gasteiger partial charge in [0.2, 0.25) is 0 Å². The van der Waals surface area contributed by atoms with Crippen LogP contribution in [-0.4, -0.2) is 5.91 Å². The molecule has 1 aromatic heterocycles. The van der Waals surface area contributed by atoms with Gasteiger partial charge in [-0.05, 0) is 35.7 Å². The number of hydrogen-bond acceptors (Lipinski definition) is 3. The fraction of sp³-hybridized carbons (Fsp3) is 0. The van der Waals surface area contributed by atoms with Crippen LogP contribution < -0.4 is 10.4 Å². The van der Waals surface area contributed by atoms with Gasteiger partial charge >= 0.3 is 0 Å². The average molecular weight is 294 g/mol. The van der Waals surface area contributed by atoms with E-state index >= 15 is 0 Å². The molecule has 2 aromatic carbocycles. The summed E-state index contributed by atoms with van der Waals surface area (Å²) in [6.45, 7) is 0. The lowest BCUT2D eigenvalue weighted by Crippen LogP contribution is -2.38. The zero-order valence-corrected chi connectivity index (χ0v) is 12.1. The molecule has 104 valence electrons. The number of rotatable bonds is 4. The lowest BCUT2D eigenvalue weighted by Gasteiger charge is -2.25. The van der Waals surface area contributed by atoms with Gasteiger partial charge in [0.05, 0.1) is 16.3 Å². The van der Waals surface area contributed by atoms with Crippen molar-refractivity contribution in [2.24, 2.45) is 0 Å². The minimum atomic E-state index is -0.113. The normalized spacial score (nSPS) is 10.1. The summed E-state index contributed by atoms with van der Waals surface area (Å²) in [5, 5.41) is 3.69. The quantitative estimate of drug-likeness (QED) is 0.730. The molecule has 0 spiro atoms. The number of benzene rings is 2. The maximum Gasteiger partial charge on any atom is 0.280 e. The molecule has 0 saturated heterocycles. The van der Waals surface area contributed by atoms with Crippen LogP contribution >= 0.6 is 11.3 Å². The molecule has 1 N–H and O–H groups in total. The minimum absolute atomic E-state index is 0.113. The standard InChI is InChI=1S/C17H14N2OS/c20-17(16-12-7-13-21-16)18-19(14-8-3-1-4-9-14)15-10-5-2-6-11-15/h1-13H,(H,18,20). The Labute approximate surface area is 127 Å². The maximum absolute atomic E-state index is 12.3. The molecular weight excluding hydrogens is 280 g/mol. The first kappa shape index (κ1) is 13.4. The summed E-state index contributed by atoms with van der Waals surface area (Å²) in [4.78, 5) is 13.0. The summed E-state index contributed by atoms with van der Waals surface area (Å²) in [6.07, 6.45) is 0. The van der Waals surface area contributed by atoms with E-state index in [-0.39, 0.29) is 5.91 Å². The number of hydrogen-bond donors (Lipinski definition) is 1. The Kier molecular flexibility index (Phi) is 3.98. The Morgan fingerprint density at radius 3 is 1.86 bits per heavy atom. The number of anilines is 2. The van der Waals surface area contributed by atoms with Gasteiger partial charge in [0, 0.05) is 0 Å². The number of hydrazine groups is 1. The van der Waals surface area contributed by atoms with Crippen LogP contribution in [0, 0.1) is 0 Å². The topological polar surface area (TPSA) is 32.3 Å². The van der Waals surface area contributed by atoms with Gasteiger partial charge in [0.15, 0.2) is 0 Å². The first-order chi connectivity index (χ1) is 10.3. The Morgan fingerprint density at radius 1 is 0.810 bits per heavy atom. The van der Waals surface area contributed by atoms with Crippen molar-refractivity contribution < 1.29 is 4.79 Å². The van der Waals surface area contributed by atoms with Gasteiger partial charge in [-0.3, -0.25) is 15.2 Å². The highest BCUT2D eigenvalue weighted by molar-refractivity contribution is 7.12. The second kappa shape index (κ2) is 6.24. The number of nitrogens with one attached hydrogen (secondary N) is 1. The largest absolute Gasteiger partial charge is 0.280 e. The monoisotopic (exact) mass is 294 g/mol. The highest BCUT2D eigenvalue weighted by Gasteiger charge is 2.14. The molecule has 3 nitrogen and oxygen atoms in total. The van der Waals surface area contributed by atoms with Crippen LogP contribution in [0.1, 0.15) is 9.67 Å². The van der Waals surface area contributed by atoms with Crippen LogP contribution in [0.5, 0.6) is 0 Å². The maximum atomic E-state index is 12.3. The summed E-state index contributed by atoms with van der Waals surface area (Å²) >= 11 is 1.42. The molecule has 0 aliphatic rings. The van der Waals surface area contributed by atoms with Crippen molar-refractivity contribution in [3.8, 4) is 0 Å². The fourth-order valence-electron chi connectivity index (χ4n) is 2.00. The fourth-order valence-corrected chi connectivity index (χ4v) is 2.61. The molecule has 3 rings (SSSR count). The number of thiophene rings is 1. The summed E-state index contributed by atoms with van der Waals surface area (Å²) in [6, 6.07) is 23.2. The van der Waals surface area contributed by atoms with E-state index in [4.69, 9.17) is 0 Å². The van der Waals surface area contributed by atoms with Crippen LogP contribution in [0.4, 0.5) is 11.4 Å². The average Bonchev–Trinajstić information content (AvgIpc) is 3.09. The summed E-state index contributed by atoms with van der Waals surface area (Å²) in [5.41, 5.74) is 4.78. The predicted octanol–water partition coefficient (Wildman–Crippen LogP) is 4.23. The predicted molar refractivity (Wildman–Crippen MR) is 86.8 cm³/mol. The third-order valence-electron chi connectivity index (χ3n) is 2.99. The molecule has 21 heavy (non-hydrogen) atoms. The van der Waals surface area contributed by atoms with Crippen LogP contribution in [0.2, 0.25) is 0 Å². The van der Waals surface area contributed by atoms with E-state index in [1.165, 1.54) is 11.3 Å². The van der Waals surface area contributed by atoms with Crippen molar-refractivity contribution in [2.45, 2.75) is 0 Å². The van der Waals surface area contributed by atoms with Crippen molar-refractivity contribution in [3.05, 3.63) is 83.1 Å². The molecule has 0 aliphatic heterocycles. The smallest absolute Gasteiger partial charge is 0.266 e. The Balaban J connectivity index is 1.92. The third kappa shape index (κ3) is 3.12. The van der Waals surface area contributed by atoms with Crippen molar-refractivity contribution >= 4 is 28.6 Å². The highest BCUT2D eigenvalue weighted by atomic mass is 32.1. The SMILES string of the molecule is O=C(NN(c1ccccc1)c1ccccc1)c1cccs1. The molecule has 0 radical (unpaired) electrons. The highest BCUT2D eigenvalue weighted by Crippen LogP contribution is 2.23. The van der Waals surface area contributed by atoms with E-state index < -0.39 is 0 Å². The van der Waals surface area contributed by atoms with Crippen molar-refractivity contribution in [1.29, 1.82) is 0 Å². The Morgan fingerprint density at radius 2 is 1.38 bits per heavy atom. The second-order valence-electron chi connectivity index (χ2n) is 4.42. The number of carbonyl (C=O) groups excluding carboxylic acids is 1. The van der Waals surface area contributed by atoms with E-state index in [0.29, 0.717) is 4.88 Å². The van der Waals surface area contributed by atoms with Crippen molar-refractivity contribution in [3.63, 3.8) is 0 Å². The molecule has 1 heterocycles. The van der Waals surface area contributed by atoms with Crippen molar-refractivity contribution in [2.75, 3.05) is 5.01 Å². The molecule has 3 aromatic rings. The van der Waals surface area contributed by atoms with Crippen LogP contribution in [-0.2, 0) is 0 Å². The molecule has 1 amide bonds. The van der Waals surface area contributed by atoms with Crippen LogP contribution in [0.15, 0.2) is 78.2 Å². The van der Waals surface area contributed by atoms with Gasteiger partial charge in [-0.25, -0.2) is 0 Å². The molecule has 0 unspecified atom stereocenters. The van der Waals surface area contributed by atoms with E-state index in [1.807, 2.05) is 78.2 Å². The van der Waals surface area contributed by atoms with Crippen LogP contribution in [0.25, 0.3) is 0 Å². The zero-order valence-electron chi connectivity index (χ0n) is 11.3. The second-order valence-corrected chi connectivity index (χ2v) is 5.37. The first-order valence-corrected chi connectivity index (χ1v) is 7.47. The third-order valence-corrected chi connectivity index (χ3v) is 3.86. The van der Waals surface area contributed by atoms with Gasteiger partial charge in [-0.1, -0.05) is 42.5 Å². The van der Waals surface area contributed by atoms with Gasteiger partial charge in [0.25, 0.3) is 5.91 Å². The number of para-hydroxylation sites is 2. The van der Waals surface area contributed by atoms with Gasteiger partial charge < -0.3 is 0 Å². The molecule has 0 aliphatic carbocycles. The molecule has 0 atom stereocenters. The summed E-state index contributed by atoms with van der Waals surface area (Å²) in [5.74, 6) is -0.113. The van der Waals surface area contributed by atoms with Gasteiger partial charge in [-0.2, -0.15) is 0 Å². The number of carbonyl (C=O) groups is 1. The number of amides is 1. The lowest BCUT2D eigenvalue weighted by molar-refractivity contribution is 0.0958. The molecule has 4 heteroatoms. The van der Waals surface area contributed by atoms with Gasteiger partial charge in [0.1, 0.15) is 0 Å². The minimum Gasteiger partial charge on any atom is -0.266 e. The van der Waals surface area contributed by atoms with Crippen molar-refractivity contribution in [1.82, 2.24) is 5.43 Å². The Hall–Kier alpha value is -2.59. The summed E-state index contributed by atoms with van der Waals surface area (Å²) < 4.78 is 0. The van der Waals surface area contributed by atoms with E-state index in [2.05, 4.69) is 5.43 Å². The van der Waals surface area contributed by atoms with Crippen LogP contribution in [0.3, 0.4) is 0 Å². The number of nitrogens with zero attached hydrogens (tertiary/aromatic N) is 1. The molecule has 0 bridgehead atoms. The molecular formula is C17H14N2OS.